The van der Waals surface area contributed by atoms with Crippen LogP contribution in [0.15, 0.2) is 12.2 Å². The van der Waals surface area contributed by atoms with Gasteiger partial charge in [0.05, 0.1) is 0 Å². The monoisotopic (exact) mass is 234 g/mol. The standard InChI is InChI=1S/C10H18OSe/c1-3-4-5-7-10(12-2)8-6-9-11/h6,8-10H,3-5,7H2,1-2H3/b8-6+. The quantitative estimate of drug-likeness (QED) is 0.286. The molecule has 70 valence electrons. The molecule has 0 aromatic carbocycles. The van der Waals surface area contributed by atoms with Crippen LogP contribution in [0.1, 0.15) is 32.6 Å². The van der Waals surface area contributed by atoms with Crippen molar-refractivity contribution in [3.05, 3.63) is 12.2 Å². The Morgan fingerprint density at radius 3 is 2.67 bits per heavy atom. The molecule has 0 fully saturated rings. The zero-order valence-electron chi connectivity index (χ0n) is 7.95. The Morgan fingerprint density at radius 2 is 2.17 bits per heavy atom. The van der Waals surface area contributed by atoms with Crippen LogP contribution in [0, 0.1) is 0 Å². The average molecular weight is 233 g/mol. The van der Waals surface area contributed by atoms with Gasteiger partial charge in [-0.05, 0) is 0 Å². The van der Waals surface area contributed by atoms with Crippen LogP contribution < -0.4 is 0 Å². The van der Waals surface area contributed by atoms with Gasteiger partial charge in [0.25, 0.3) is 0 Å². The number of hydrogen-bond acceptors (Lipinski definition) is 1. The van der Waals surface area contributed by atoms with E-state index in [0.717, 1.165) is 6.29 Å². The number of carbonyl (C=O) groups is 1. The summed E-state index contributed by atoms with van der Waals surface area (Å²) in [5.74, 6) is 2.23. The van der Waals surface area contributed by atoms with Crippen molar-refractivity contribution >= 4 is 21.2 Å². The molecule has 0 N–H and O–H groups in total. The Balaban J connectivity index is 3.52. The predicted molar refractivity (Wildman–Crippen MR) is 54.7 cm³/mol. The van der Waals surface area contributed by atoms with Crippen molar-refractivity contribution in [2.75, 3.05) is 0 Å². The summed E-state index contributed by atoms with van der Waals surface area (Å²) < 4.78 is 0. The van der Waals surface area contributed by atoms with Crippen molar-refractivity contribution in [2.45, 2.75) is 43.2 Å². The summed E-state index contributed by atoms with van der Waals surface area (Å²) in [6.07, 6.45) is 9.74. The van der Waals surface area contributed by atoms with E-state index in [-0.39, 0.29) is 0 Å². The van der Waals surface area contributed by atoms with Gasteiger partial charge in [-0.2, -0.15) is 0 Å². The molecule has 0 aliphatic heterocycles. The number of carbonyl (C=O) groups excluding carboxylic acids is 1. The van der Waals surface area contributed by atoms with E-state index in [1.807, 2.05) is 0 Å². The second-order valence-corrected chi connectivity index (χ2v) is 5.05. The van der Waals surface area contributed by atoms with Crippen molar-refractivity contribution in [3.63, 3.8) is 0 Å². The third-order valence-corrected chi connectivity index (χ3v) is 3.89. The third kappa shape index (κ3) is 6.63. The number of hydrogen-bond donors (Lipinski definition) is 0. The van der Waals surface area contributed by atoms with E-state index in [2.05, 4.69) is 18.8 Å². The molecule has 2 heteroatoms. The summed E-state index contributed by atoms with van der Waals surface area (Å²) in [5.41, 5.74) is 0. The van der Waals surface area contributed by atoms with Crippen LogP contribution in [0.3, 0.4) is 0 Å². The maximum absolute atomic E-state index is 10.1. The van der Waals surface area contributed by atoms with Crippen LogP contribution in [-0.4, -0.2) is 21.2 Å². The van der Waals surface area contributed by atoms with E-state index < -0.39 is 0 Å². The molecule has 1 atom stereocenters. The molecule has 12 heavy (non-hydrogen) atoms. The Morgan fingerprint density at radius 1 is 1.42 bits per heavy atom. The fourth-order valence-electron chi connectivity index (χ4n) is 1.06. The molecule has 0 aliphatic carbocycles. The first-order valence-electron chi connectivity index (χ1n) is 4.50. The molecule has 0 heterocycles. The van der Waals surface area contributed by atoms with Gasteiger partial charge in [-0.3, -0.25) is 0 Å². The van der Waals surface area contributed by atoms with Gasteiger partial charge in [-0.1, -0.05) is 0 Å². The van der Waals surface area contributed by atoms with Crippen molar-refractivity contribution in [1.29, 1.82) is 0 Å². The molecular formula is C10H18OSe. The summed E-state index contributed by atoms with van der Waals surface area (Å²) in [6, 6.07) is 0. The minimum absolute atomic E-state index is 0.646. The van der Waals surface area contributed by atoms with Crippen LogP contribution >= 0.6 is 0 Å². The van der Waals surface area contributed by atoms with Gasteiger partial charge >= 0.3 is 81.4 Å². The Labute approximate surface area is 81.8 Å². The first-order valence-corrected chi connectivity index (χ1v) is 7.20. The molecule has 0 rings (SSSR count). The fraction of sp³-hybridized carbons (Fsp3) is 0.700. The van der Waals surface area contributed by atoms with Crippen molar-refractivity contribution in [3.8, 4) is 0 Å². The van der Waals surface area contributed by atoms with Crippen LogP contribution in [-0.2, 0) is 4.79 Å². The molecule has 1 unspecified atom stereocenters. The molecule has 0 aromatic rings. The second-order valence-electron chi connectivity index (χ2n) is 2.79. The number of unbranched alkanes of at least 4 members (excludes halogenated alkanes) is 2. The van der Waals surface area contributed by atoms with E-state index in [0.29, 0.717) is 19.8 Å². The van der Waals surface area contributed by atoms with E-state index in [1.54, 1.807) is 6.08 Å². The van der Waals surface area contributed by atoms with Gasteiger partial charge in [0.2, 0.25) is 0 Å². The predicted octanol–water partition coefficient (Wildman–Crippen LogP) is 2.86. The van der Waals surface area contributed by atoms with E-state index in [9.17, 15) is 4.79 Å². The second kappa shape index (κ2) is 9.02. The molecule has 0 saturated carbocycles. The zero-order chi connectivity index (χ0) is 9.23. The van der Waals surface area contributed by atoms with Crippen LogP contribution in [0.5, 0.6) is 0 Å². The van der Waals surface area contributed by atoms with Gasteiger partial charge in [-0.15, -0.1) is 0 Å². The Hall–Kier alpha value is -0.0705. The SMILES string of the molecule is CCCCCC(/C=C/C=O)[Se]C. The number of rotatable bonds is 7. The van der Waals surface area contributed by atoms with Crippen LogP contribution in [0.4, 0.5) is 0 Å². The third-order valence-electron chi connectivity index (χ3n) is 1.80. The van der Waals surface area contributed by atoms with Crippen LogP contribution in [0.25, 0.3) is 0 Å². The first kappa shape index (κ1) is 11.9. The van der Waals surface area contributed by atoms with Crippen molar-refractivity contribution in [2.24, 2.45) is 0 Å². The minimum atomic E-state index is 0.646. The fourth-order valence-corrected chi connectivity index (χ4v) is 2.42. The Kier molecular flexibility index (Phi) is 8.97. The summed E-state index contributed by atoms with van der Waals surface area (Å²) in [7, 11) is 0. The van der Waals surface area contributed by atoms with Gasteiger partial charge in [0, 0.05) is 0 Å². The molecular weight excluding hydrogens is 215 g/mol. The summed E-state index contributed by atoms with van der Waals surface area (Å²) in [6.45, 7) is 2.22. The molecule has 0 amide bonds. The number of aldehydes is 1. The Bertz CT molecular complexity index is 132. The number of allylic oxidation sites excluding steroid dienone is 2. The van der Waals surface area contributed by atoms with E-state index >= 15 is 0 Å². The van der Waals surface area contributed by atoms with Crippen molar-refractivity contribution < 1.29 is 4.79 Å². The maximum atomic E-state index is 10.1. The van der Waals surface area contributed by atoms with Gasteiger partial charge in [0.1, 0.15) is 0 Å². The molecule has 0 bridgehead atoms. The van der Waals surface area contributed by atoms with Gasteiger partial charge in [0.15, 0.2) is 0 Å². The summed E-state index contributed by atoms with van der Waals surface area (Å²) in [5, 5.41) is 0. The average Bonchev–Trinajstić information content (AvgIpc) is 2.11. The van der Waals surface area contributed by atoms with E-state index in [1.165, 1.54) is 25.7 Å². The van der Waals surface area contributed by atoms with E-state index in [4.69, 9.17) is 0 Å². The molecule has 1 nitrogen and oxygen atoms in total. The van der Waals surface area contributed by atoms with Gasteiger partial charge < -0.3 is 0 Å². The molecule has 0 radical (unpaired) electrons. The molecule has 0 aromatic heterocycles. The zero-order valence-corrected chi connectivity index (χ0v) is 9.67. The molecule has 0 spiro atoms. The molecule has 0 aliphatic rings. The molecule has 0 saturated heterocycles. The summed E-state index contributed by atoms with van der Waals surface area (Å²) >= 11 is 0.646. The normalized spacial score (nSPS) is 13.5. The summed E-state index contributed by atoms with van der Waals surface area (Å²) in [4.78, 5) is 10.8. The first-order chi connectivity index (χ1) is 5.85. The van der Waals surface area contributed by atoms with Crippen LogP contribution in [0.2, 0.25) is 10.6 Å². The topological polar surface area (TPSA) is 17.1 Å². The van der Waals surface area contributed by atoms with Gasteiger partial charge in [-0.25, -0.2) is 0 Å². The van der Waals surface area contributed by atoms with Crippen molar-refractivity contribution in [1.82, 2.24) is 0 Å².